The Balaban J connectivity index is 1.84. The van der Waals surface area contributed by atoms with Crippen molar-refractivity contribution in [1.29, 1.82) is 0 Å². The molecule has 0 amide bonds. The van der Waals surface area contributed by atoms with Crippen LogP contribution in [0.1, 0.15) is 41.4 Å². The maximum Gasteiger partial charge on any atom is 0.262 e. The molecule has 0 bridgehead atoms. The molecule has 0 fully saturated rings. The number of ketones is 1. The van der Waals surface area contributed by atoms with Crippen LogP contribution in [-0.4, -0.2) is 19.2 Å². The van der Waals surface area contributed by atoms with E-state index >= 15 is 0 Å². The summed E-state index contributed by atoms with van der Waals surface area (Å²) >= 11 is 5.96. The summed E-state index contributed by atoms with van der Waals surface area (Å²) in [5, 5.41) is 1.27. The fourth-order valence-corrected chi connectivity index (χ4v) is 5.23. The van der Waals surface area contributed by atoms with Gasteiger partial charge in [0.25, 0.3) is 10.0 Å². The lowest BCUT2D eigenvalue weighted by Crippen LogP contribution is -2.15. The van der Waals surface area contributed by atoms with Crippen LogP contribution in [0.5, 0.6) is 0 Å². The standard InChI is InChI=1S/C20H19ClN2O3S/c1-2-12-9-15-17(22-16-7-4-8-18(24)20(15)16)11-19(12)27(25,26)23-14-6-3-5-13(21)10-14/h3,5-6,9-11,22-23H,2,4,7-8H2,1H3. The molecule has 2 N–H and O–H groups in total. The molecule has 27 heavy (non-hydrogen) atoms. The van der Waals surface area contributed by atoms with E-state index < -0.39 is 10.0 Å². The Hall–Kier alpha value is -2.31. The van der Waals surface area contributed by atoms with Gasteiger partial charge in [0.15, 0.2) is 5.78 Å². The predicted molar refractivity (Wildman–Crippen MR) is 107 cm³/mol. The highest BCUT2D eigenvalue weighted by Crippen LogP contribution is 2.33. The van der Waals surface area contributed by atoms with Crippen LogP contribution in [0.4, 0.5) is 5.69 Å². The zero-order valence-electron chi connectivity index (χ0n) is 14.8. The number of aromatic amines is 1. The number of fused-ring (bicyclic) bond motifs is 3. The van der Waals surface area contributed by atoms with Crippen molar-refractivity contribution in [3.63, 3.8) is 0 Å². The highest BCUT2D eigenvalue weighted by molar-refractivity contribution is 7.92. The molecule has 5 nitrogen and oxygen atoms in total. The molecule has 0 saturated carbocycles. The van der Waals surface area contributed by atoms with Crippen LogP contribution in [0.2, 0.25) is 5.02 Å². The summed E-state index contributed by atoms with van der Waals surface area (Å²) in [6.45, 7) is 1.90. The van der Waals surface area contributed by atoms with Gasteiger partial charge < -0.3 is 4.98 Å². The van der Waals surface area contributed by atoms with Gasteiger partial charge in [0, 0.05) is 33.6 Å². The number of Topliss-reactive ketones (excluding diaryl/α,β-unsaturated/α-hetero) is 1. The number of carbonyl (C=O) groups is 1. The molecular formula is C20H19ClN2O3S. The molecule has 0 unspecified atom stereocenters. The van der Waals surface area contributed by atoms with Crippen molar-refractivity contribution in [1.82, 2.24) is 4.98 Å². The molecule has 0 aliphatic heterocycles. The Morgan fingerprint density at radius 2 is 2.00 bits per heavy atom. The van der Waals surface area contributed by atoms with Gasteiger partial charge in [0.1, 0.15) is 0 Å². The van der Waals surface area contributed by atoms with Gasteiger partial charge in [-0.2, -0.15) is 0 Å². The Kier molecular flexibility index (Phi) is 4.48. The summed E-state index contributed by atoms with van der Waals surface area (Å²) in [7, 11) is -3.79. The maximum atomic E-state index is 13.0. The maximum absolute atomic E-state index is 13.0. The van der Waals surface area contributed by atoms with E-state index in [1.807, 2.05) is 13.0 Å². The quantitative estimate of drug-likeness (QED) is 0.663. The van der Waals surface area contributed by atoms with E-state index in [2.05, 4.69) is 9.71 Å². The number of hydrogen-bond acceptors (Lipinski definition) is 3. The van der Waals surface area contributed by atoms with Gasteiger partial charge in [0.05, 0.1) is 10.6 Å². The molecular weight excluding hydrogens is 384 g/mol. The number of carbonyl (C=O) groups excluding carboxylic acids is 1. The predicted octanol–water partition coefficient (Wildman–Crippen LogP) is 4.70. The normalized spacial score (nSPS) is 14.4. The van der Waals surface area contributed by atoms with Crippen LogP contribution in [-0.2, 0) is 22.9 Å². The Morgan fingerprint density at radius 1 is 1.19 bits per heavy atom. The van der Waals surface area contributed by atoms with Crippen LogP contribution in [0.3, 0.4) is 0 Å². The van der Waals surface area contributed by atoms with Crippen LogP contribution < -0.4 is 4.72 Å². The minimum atomic E-state index is -3.79. The van der Waals surface area contributed by atoms with Crippen molar-refractivity contribution >= 4 is 44.0 Å². The molecule has 1 aliphatic carbocycles. The summed E-state index contributed by atoms with van der Waals surface area (Å²) in [6.07, 6.45) is 2.70. The Bertz CT molecular complexity index is 1170. The third-order valence-electron chi connectivity index (χ3n) is 4.91. The highest BCUT2D eigenvalue weighted by atomic mass is 35.5. The summed E-state index contributed by atoms with van der Waals surface area (Å²) in [4.78, 5) is 15.8. The van der Waals surface area contributed by atoms with Crippen LogP contribution in [0, 0.1) is 0 Å². The lowest BCUT2D eigenvalue weighted by molar-refractivity contribution is 0.0974. The second-order valence-electron chi connectivity index (χ2n) is 6.73. The van der Waals surface area contributed by atoms with E-state index in [0.717, 1.165) is 29.5 Å². The summed E-state index contributed by atoms with van der Waals surface area (Å²) in [5.41, 5.74) is 3.39. The lowest BCUT2D eigenvalue weighted by Gasteiger charge is -2.13. The number of aryl methyl sites for hydroxylation is 2. The molecule has 0 radical (unpaired) electrons. The third kappa shape index (κ3) is 3.24. The molecule has 7 heteroatoms. The van der Waals surface area contributed by atoms with Crippen LogP contribution >= 0.6 is 11.6 Å². The zero-order valence-corrected chi connectivity index (χ0v) is 16.4. The molecule has 0 spiro atoms. The second kappa shape index (κ2) is 6.69. The van der Waals surface area contributed by atoms with Crippen LogP contribution in [0.25, 0.3) is 10.9 Å². The van der Waals surface area contributed by atoms with Crippen molar-refractivity contribution < 1.29 is 13.2 Å². The lowest BCUT2D eigenvalue weighted by atomic mass is 9.94. The van der Waals surface area contributed by atoms with E-state index in [1.165, 1.54) is 0 Å². The SMILES string of the molecule is CCc1cc2c3c([nH]c2cc1S(=O)(=O)Nc1cccc(Cl)c1)CCCC3=O. The fourth-order valence-electron chi connectivity index (χ4n) is 3.67. The smallest absolute Gasteiger partial charge is 0.262 e. The average molecular weight is 403 g/mol. The average Bonchev–Trinajstić information content (AvgIpc) is 2.99. The first-order valence-electron chi connectivity index (χ1n) is 8.88. The number of aromatic nitrogens is 1. The van der Waals surface area contributed by atoms with Crippen molar-refractivity contribution in [3.05, 3.63) is 58.2 Å². The molecule has 0 atom stereocenters. The molecule has 140 valence electrons. The molecule has 1 aromatic heterocycles. The van der Waals surface area contributed by atoms with E-state index in [4.69, 9.17) is 11.6 Å². The molecule has 0 saturated heterocycles. The number of nitrogens with one attached hydrogen (secondary N) is 2. The Morgan fingerprint density at radius 3 is 2.74 bits per heavy atom. The van der Waals surface area contributed by atoms with Gasteiger partial charge in [-0.05, 0) is 55.2 Å². The summed E-state index contributed by atoms with van der Waals surface area (Å²) < 4.78 is 28.6. The van der Waals surface area contributed by atoms with Gasteiger partial charge in [-0.3, -0.25) is 9.52 Å². The number of sulfonamides is 1. The highest BCUT2D eigenvalue weighted by Gasteiger charge is 2.25. The van der Waals surface area contributed by atoms with Gasteiger partial charge >= 0.3 is 0 Å². The van der Waals surface area contributed by atoms with Gasteiger partial charge in [-0.15, -0.1) is 0 Å². The third-order valence-corrected chi connectivity index (χ3v) is 6.61. The van der Waals surface area contributed by atoms with Crippen molar-refractivity contribution in [2.45, 2.75) is 37.5 Å². The Labute approximate surface area is 162 Å². The summed E-state index contributed by atoms with van der Waals surface area (Å²) in [5.74, 6) is 0.122. The largest absolute Gasteiger partial charge is 0.358 e. The second-order valence-corrected chi connectivity index (χ2v) is 8.82. The molecule has 1 aliphatic rings. The van der Waals surface area contributed by atoms with Crippen molar-refractivity contribution in [2.24, 2.45) is 0 Å². The first kappa shape index (κ1) is 18.1. The number of H-pyrrole nitrogens is 1. The molecule has 4 rings (SSSR count). The number of hydrogen-bond donors (Lipinski definition) is 2. The van der Waals surface area contributed by atoms with E-state index in [-0.39, 0.29) is 10.7 Å². The first-order chi connectivity index (χ1) is 12.9. The molecule has 1 heterocycles. The zero-order chi connectivity index (χ0) is 19.2. The topological polar surface area (TPSA) is 79.0 Å². The van der Waals surface area contributed by atoms with Gasteiger partial charge in [-0.25, -0.2) is 8.42 Å². The number of anilines is 1. The monoisotopic (exact) mass is 402 g/mol. The minimum Gasteiger partial charge on any atom is -0.358 e. The molecule has 3 aromatic rings. The van der Waals surface area contributed by atoms with Gasteiger partial charge in [0.2, 0.25) is 0 Å². The fraction of sp³-hybridized carbons (Fsp3) is 0.250. The van der Waals surface area contributed by atoms with Crippen molar-refractivity contribution in [3.8, 4) is 0 Å². The number of rotatable bonds is 4. The van der Waals surface area contributed by atoms with E-state index in [9.17, 15) is 13.2 Å². The minimum absolute atomic E-state index is 0.122. The summed E-state index contributed by atoms with van der Waals surface area (Å²) in [6, 6.07) is 10.1. The first-order valence-corrected chi connectivity index (χ1v) is 10.7. The van der Waals surface area contributed by atoms with Crippen molar-refractivity contribution in [2.75, 3.05) is 4.72 Å². The van der Waals surface area contributed by atoms with Gasteiger partial charge in [-0.1, -0.05) is 24.6 Å². The number of halogens is 1. The van der Waals surface area contributed by atoms with E-state index in [0.29, 0.717) is 34.6 Å². The molecule has 2 aromatic carbocycles. The van der Waals surface area contributed by atoms with E-state index in [1.54, 1.807) is 30.3 Å². The van der Waals surface area contributed by atoms with Crippen LogP contribution in [0.15, 0.2) is 41.3 Å². The number of benzene rings is 2.